The van der Waals surface area contributed by atoms with Gasteiger partial charge in [0.25, 0.3) is 0 Å². The van der Waals surface area contributed by atoms with Crippen LogP contribution in [0.5, 0.6) is 0 Å². The molecule has 1 atom stereocenters. The molecule has 2 heterocycles. The first-order chi connectivity index (χ1) is 13.9. The maximum atomic E-state index is 12.8. The molecule has 0 saturated heterocycles. The van der Waals surface area contributed by atoms with Crippen LogP contribution in [-0.4, -0.2) is 36.3 Å². The van der Waals surface area contributed by atoms with E-state index in [4.69, 9.17) is 5.11 Å². The highest BCUT2D eigenvalue weighted by atomic mass is 19.4. The SMILES string of the molecule is OC[C@@H](O)c1ccnc(-c2ccc3ncn(-c4ccc(C(F)(F)F)cc4)c3c2)n1. The summed E-state index contributed by atoms with van der Waals surface area (Å²) in [5, 5.41) is 18.9. The Morgan fingerprint density at radius 1 is 1.00 bits per heavy atom. The first kappa shape index (κ1) is 19.0. The minimum absolute atomic E-state index is 0.286. The molecule has 2 aromatic heterocycles. The molecular weight excluding hydrogens is 385 g/mol. The summed E-state index contributed by atoms with van der Waals surface area (Å²) in [4.78, 5) is 12.8. The molecular formula is C20H15F3N4O2. The van der Waals surface area contributed by atoms with Gasteiger partial charge in [0.2, 0.25) is 0 Å². The number of halogens is 3. The third-order valence-corrected chi connectivity index (χ3v) is 4.47. The molecule has 0 aliphatic heterocycles. The van der Waals surface area contributed by atoms with Gasteiger partial charge in [0.15, 0.2) is 5.82 Å². The topological polar surface area (TPSA) is 84.1 Å². The molecule has 0 saturated carbocycles. The van der Waals surface area contributed by atoms with E-state index in [1.165, 1.54) is 30.7 Å². The Morgan fingerprint density at radius 2 is 1.76 bits per heavy atom. The molecule has 0 aliphatic rings. The lowest BCUT2D eigenvalue weighted by Gasteiger charge is -2.10. The van der Waals surface area contributed by atoms with Crippen LogP contribution in [0.2, 0.25) is 0 Å². The number of fused-ring (bicyclic) bond motifs is 1. The lowest BCUT2D eigenvalue weighted by Crippen LogP contribution is -2.06. The highest BCUT2D eigenvalue weighted by molar-refractivity contribution is 5.82. The van der Waals surface area contributed by atoms with E-state index < -0.39 is 24.5 Å². The smallest absolute Gasteiger partial charge is 0.393 e. The van der Waals surface area contributed by atoms with Gasteiger partial charge in [0.05, 0.1) is 28.9 Å². The van der Waals surface area contributed by atoms with E-state index >= 15 is 0 Å². The van der Waals surface area contributed by atoms with E-state index in [-0.39, 0.29) is 5.69 Å². The largest absolute Gasteiger partial charge is 0.416 e. The Bertz CT molecular complexity index is 1160. The van der Waals surface area contributed by atoms with E-state index in [2.05, 4.69) is 15.0 Å². The quantitative estimate of drug-likeness (QED) is 0.548. The number of aliphatic hydroxyl groups excluding tert-OH is 2. The van der Waals surface area contributed by atoms with Crippen LogP contribution in [-0.2, 0) is 6.18 Å². The number of alkyl halides is 3. The molecule has 6 nitrogen and oxygen atoms in total. The van der Waals surface area contributed by atoms with Gasteiger partial charge in [-0.2, -0.15) is 13.2 Å². The average molecular weight is 400 g/mol. The predicted molar refractivity (Wildman–Crippen MR) is 99.1 cm³/mol. The second kappa shape index (κ2) is 7.26. The molecule has 0 fully saturated rings. The first-order valence-electron chi connectivity index (χ1n) is 8.64. The Kier molecular flexibility index (Phi) is 4.77. The first-order valence-corrected chi connectivity index (χ1v) is 8.64. The summed E-state index contributed by atoms with van der Waals surface area (Å²) in [5.41, 5.74) is 2.05. The van der Waals surface area contributed by atoms with Crippen molar-refractivity contribution in [2.75, 3.05) is 6.61 Å². The van der Waals surface area contributed by atoms with Gasteiger partial charge in [-0.3, -0.25) is 4.57 Å². The number of aromatic nitrogens is 4. The van der Waals surface area contributed by atoms with Crippen molar-refractivity contribution >= 4 is 11.0 Å². The van der Waals surface area contributed by atoms with Gasteiger partial charge in [0, 0.05) is 17.4 Å². The fourth-order valence-electron chi connectivity index (χ4n) is 2.95. The maximum absolute atomic E-state index is 12.8. The second-order valence-electron chi connectivity index (χ2n) is 6.37. The molecule has 29 heavy (non-hydrogen) atoms. The van der Waals surface area contributed by atoms with Crippen molar-refractivity contribution in [3.05, 3.63) is 72.3 Å². The highest BCUT2D eigenvalue weighted by Crippen LogP contribution is 2.30. The highest BCUT2D eigenvalue weighted by Gasteiger charge is 2.30. The zero-order valence-electron chi connectivity index (χ0n) is 14.9. The second-order valence-corrected chi connectivity index (χ2v) is 6.37. The van der Waals surface area contributed by atoms with Gasteiger partial charge in [-0.25, -0.2) is 15.0 Å². The summed E-state index contributed by atoms with van der Waals surface area (Å²) in [6.07, 6.45) is -2.50. The summed E-state index contributed by atoms with van der Waals surface area (Å²) in [5.74, 6) is 0.345. The Hall–Kier alpha value is -3.30. The third kappa shape index (κ3) is 3.69. The zero-order chi connectivity index (χ0) is 20.6. The molecule has 0 unspecified atom stereocenters. The van der Waals surface area contributed by atoms with Gasteiger partial charge in [-0.15, -0.1) is 0 Å². The van der Waals surface area contributed by atoms with Crippen LogP contribution >= 0.6 is 0 Å². The van der Waals surface area contributed by atoms with Gasteiger partial charge in [-0.05, 0) is 48.5 Å². The van der Waals surface area contributed by atoms with Gasteiger partial charge in [-0.1, -0.05) is 0 Å². The zero-order valence-corrected chi connectivity index (χ0v) is 14.9. The number of rotatable bonds is 4. The van der Waals surface area contributed by atoms with Crippen LogP contribution in [0.4, 0.5) is 13.2 Å². The van der Waals surface area contributed by atoms with E-state index in [9.17, 15) is 18.3 Å². The van der Waals surface area contributed by atoms with Crippen molar-refractivity contribution in [2.45, 2.75) is 12.3 Å². The van der Waals surface area contributed by atoms with Crippen molar-refractivity contribution in [1.82, 2.24) is 19.5 Å². The molecule has 148 valence electrons. The maximum Gasteiger partial charge on any atom is 0.416 e. The van der Waals surface area contributed by atoms with Gasteiger partial charge >= 0.3 is 6.18 Å². The third-order valence-electron chi connectivity index (χ3n) is 4.47. The fourth-order valence-corrected chi connectivity index (χ4v) is 2.95. The Morgan fingerprint density at radius 3 is 2.45 bits per heavy atom. The van der Waals surface area contributed by atoms with Crippen molar-refractivity contribution in [1.29, 1.82) is 0 Å². The molecule has 0 spiro atoms. The van der Waals surface area contributed by atoms with E-state index in [0.29, 0.717) is 28.1 Å². The summed E-state index contributed by atoms with van der Waals surface area (Å²) in [6, 6.07) is 11.6. The molecule has 0 bridgehead atoms. The predicted octanol–water partition coefficient (Wildman–Crippen LogP) is 3.53. The number of hydrogen-bond donors (Lipinski definition) is 2. The fraction of sp³-hybridized carbons (Fsp3) is 0.150. The number of aliphatic hydroxyl groups is 2. The van der Waals surface area contributed by atoms with Crippen molar-refractivity contribution in [2.24, 2.45) is 0 Å². The summed E-state index contributed by atoms with van der Waals surface area (Å²) < 4.78 is 40.1. The van der Waals surface area contributed by atoms with Crippen LogP contribution in [0.15, 0.2) is 61.1 Å². The van der Waals surface area contributed by atoms with E-state index in [1.807, 2.05) is 0 Å². The van der Waals surface area contributed by atoms with Crippen LogP contribution in [0.3, 0.4) is 0 Å². The summed E-state index contributed by atoms with van der Waals surface area (Å²) >= 11 is 0. The monoisotopic (exact) mass is 400 g/mol. The van der Waals surface area contributed by atoms with Gasteiger partial charge < -0.3 is 10.2 Å². The number of nitrogens with zero attached hydrogens (tertiary/aromatic N) is 4. The summed E-state index contributed by atoms with van der Waals surface area (Å²) in [6.45, 7) is -0.462. The molecule has 4 rings (SSSR count). The van der Waals surface area contributed by atoms with Crippen molar-refractivity contribution in [3.63, 3.8) is 0 Å². The van der Waals surface area contributed by atoms with E-state index in [0.717, 1.165) is 12.1 Å². The molecule has 4 aromatic rings. The lowest BCUT2D eigenvalue weighted by molar-refractivity contribution is -0.137. The van der Waals surface area contributed by atoms with Crippen molar-refractivity contribution < 1.29 is 23.4 Å². The molecule has 2 aromatic carbocycles. The number of benzene rings is 2. The number of imidazole rings is 1. The lowest BCUT2D eigenvalue weighted by atomic mass is 10.1. The molecule has 2 N–H and O–H groups in total. The van der Waals surface area contributed by atoms with Crippen LogP contribution in [0.25, 0.3) is 28.1 Å². The average Bonchev–Trinajstić information content (AvgIpc) is 3.16. The van der Waals surface area contributed by atoms with Crippen LogP contribution in [0.1, 0.15) is 17.4 Å². The van der Waals surface area contributed by atoms with Crippen molar-refractivity contribution in [3.8, 4) is 17.1 Å². The Labute approximate surface area is 162 Å². The van der Waals surface area contributed by atoms with Gasteiger partial charge in [0.1, 0.15) is 12.4 Å². The standard InChI is InChI=1S/C20H15F3N4O2/c21-20(22,23)13-2-4-14(5-3-13)27-11-25-15-6-1-12(9-17(15)27)19-24-8-7-16(26-19)18(29)10-28/h1-9,11,18,28-29H,10H2/t18-/m1/s1. The summed E-state index contributed by atoms with van der Waals surface area (Å²) in [7, 11) is 0. The minimum Gasteiger partial charge on any atom is -0.393 e. The molecule has 0 amide bonds. The molecule has 0 radical (unpaired) electrons. The molecule has 9 heteroatoms. The van der Waals surface area contributed by atoms with E-state index in [1.54, 1.807) is 22.8 Å². The van der Waals surface area contributed by atoms with Crippen LogP contribution < -0.4 is 0 Å². The molecule has 0 aliphatic carbocycles. The Balaban J connectivity index is 1.76. The van der Waals surface area contributed by atoms with Crippen LogP contribution in [0, 0.1) is 0 Å². The minimum atomic E-state index is -4.40. The number of hydrogen-bond acceptors (Lipinski definition) is 5. The normalized spacial score (nSPS) is 13.0.